The highest BCUT2D eigenvalue weighted by Crippen LogP contribution is 2.23. The van der Waals surface area contributed by atoms with Gasteiger partial charge in [-0.15, -0.1) is 0 Å². The van der Waals surface area contributed by atoms with Gasteiger partial charge in [0.1, 0.15) is 5.75 Å². The summed E-state index contributed by atoms with van der Waals surface area (Å²) in [5.41, 5.74) is 5.53. The van der Waals surface area contributed by atoms with E-state index >= 15 is 0 Å². The molecule has 2 N–H and O–H groups in total. The first-order valence-electron chi connectivity index (χ1n) is 8.89. The first-order valence-corrected chi connectivity index (χ1v) is 8.89. The molecule has 5 nitrogen and oxygen atoms in total. The molecule has 0 aliphatic heterocycles. The van der Waals surface area contributed by atoms with Gasteiger partial charge in [-0.1, -0.05) is 33.1 Å². The lowest BCUT2D eigenvalue weighted by Gasteiger charge is -2.20. The Morgan fingerprint density at radius 1 is 1.08 bits per heavy atom. The SMILES string of the molecule is CC(C)CCOc1ccc(C(=O)NNC(=O)C2CCCCC2)cc1. The molecular formula is C19H28N2O3. The van der Waals surface area contributed by atoms with E-state index in [0.29, 0.717) is 18.1 Å². The minimum Gasteiger partial charge on any atom is -0.494 e. The lowest BCUT2D eigenvalue weighted by Crippen LogP contribution is -2.44. The average Bonchev–Trinajstić information content (AvgIpc) is 2.60. The Balaban J connectivity index is 1.76. The van der Waals surface area contributed by atoms with Crippen LogP contribution in [0.4, 0.5) is 0 Å². The third-order valence-corrected chi connectivity index (χ3v) is 4.36. The zero-order chi connectivity index (χ0) is 17.4. The smallest absolute Gasteiger partial charge is 0.269 e. The fourth-order valence-corrected chi connectivity index (χ4v) is 2.77. The molecule has 0 saturated heterocycles. The zero-order valence-corrected chi connectivity index (χ0v) is 14.6. The molecule has 1 aliphatic carbocycles. The van der Waals surface area contributed by atoms with E-state index in [2.05, 4.69) is 24.7 Å². The Labute approximate surface area is 144 Å². The van der Waals surface area contributed by atoms with Crippen LogP contribution >= 0.6 is 0 Å². The number of carbonyl (C=O) groups is 2. The predicted octanol–water partition coefficient (Wildman–Crippen LogP) is 3.45. The molecular weight excluding hydrogens is 304 g/mol. The van der Waals surface area contributed by atoms with E-state index in [9.17, 15) is 9.59 Å². The molecule has 0 aromatic heterocycles. The standard InChI is InChI=1S/C19H28N2O3/c1-14(2)12-13-24-17-10-8-16(9-11-17)19(23)21-20-18(22)15-6-4-3-5-7-15/h8-11,14-15H,3-7,12-13H2,1-2H3,(H,20,22)(H,21,23). The number of benzene rings is 1. The molecule has 132 valence electrons. The van der Waals surface area contributed by atoms with Crippen LogP contribution in [0.5, 0.6) is 5.75 Å². The largest absolute Gasteiger partial charge is 0.494 e. The minimum absolute atomic E-state index is 0.0239. The third-order valence-electron chi connectivity index (χ3n) is 4.36. The van der Waals surface area contributed by atoms with Crippen LogP contribution in [-0.2, 0) is 4.79 Å². The van der Waals surface area contributed by atoms with E-state index < -0.39 is 0 Å². The second-order valence-corrected chi connectivity index (χ2v) is 6.83. The molecule has 2 amide bonds. The van der Waals surface area contributed by atoms with Gasteiger partial charge in [-0.05, 0) is 49.4 Å². The number of rotatable bonds is 6. The molecule has 1 fully saturated rings. The molecule has 0 unspecified atom stereocenters. The summed E-state index contributed by atoms with van der Waals surface area (Å²) in [6, 6.07) is 6.95. The second kappa shape index (κ2) is 9.30. The number of ether oxygens (including phenoxy) is 1. The van der Waals surface area contributed by atoms with Gasteiger partial charge in [0.15, 0.2) is 0 Å². The number of amides is 2. The molecule has 0 heterocycles. The molecule has 0 radical (unpaired) electrons. The second-order valence-electron chi connectivity index (χ2n) is 6.83. The molecule has 1 aromatic rings. The number of hydrazine groups is 1. The van der Waals surface area contributed by atoms with Crippen LogP contribution in [0.15, 0.2) is 24.3 Å². The van der Waals surface area contributed by atoms with Crippen LogP contribution in [0.2, 0.25) is 0 Å². The quantitative estimate of drug-likeness (QED) is 0.784. The highest BCUT2D eigenvalue weighted by Gasteiger charge is 2.21. The average molecular weight is 332 g/mol. The summed E-state index contributed by atoms with van der Waals surface area (Å²) >= 11 is 0. The van der Waals surface area contributed by atoms with Crippen LogP contribution in [0.1, 0.15) is 62.7 Å². The highest BCUT2D eigenvalue weighted by molar-refractivity contribution is 5.95. The highest BCUT2D eigenvalue weighted by atomic mass is 16.5. The maximum Gasteiger partial charge on any atom is 0.269 e. The maximum absolute atomic E-state index is 12.1. The van der Waals surface area contributed by atoms with Crippen LogP contribution < -0.4 is 15.6 Å². The molecule has 0 atom stereocenters. The van der Waals surface area contributed by atoms with Gasteiger partial charge in [0.05, 0.1) is 6.61 Å². The monoisotopic (exact) mass is 332 g/mol. The summed E-state index contributed by atoms with van der Waals surface area (Å²) in [6.07, 6.45) is 6.18. The van der Waals surface area contributed by atoms with E-state index in [-0.39, 0.29) is 17.7 Å². The van der Waals surface area contributed by atoms with Gasteiger partial charge < -0.3 is 4.74 Å². The topological polar surface area (TPSA) is 67.4 Å². The van der Waals surface area contributed by atoms with Crippen LogP contribution in [-0.4, -0.2) is 18.4 Å². The third kappa shape index (κ3) is 5.87. The van der Waals surface area contributed by atoms with Crippen LogP contribution in [0, 0.1) is 11.8 Å². The summed E-state index contributed by atoms with van der Waals surface area (Å²) in [7, 11) is 0. The van der Waals surface area contributed by atoms with Crippen LogP contribution in [0.3, 0.4) is 0 Å². The van der Waals surface area contributed by atoms with Gasteiger partial charge in [0, 0.05) is 11.5 Å². The lowest BCUT2D eigenvalue weighted by atomic mass is 9.89. The van der Waals surface area contributed by atoms with Gasteiger partial charge in [-0.2, -0.15) is 0 Å². The molecule has 1 saturated carbocycles. The van der Waals surface area contributed by atoms with Crippen molar-refractivity contribution in [2.75, 3.05) is 6.61 Å². The van der Waals surface area contributed by atoms with Crippen molar-refractivity contribution < 1.29 is 14.3 Å². The zero-order valence-electron chi connectivity index (χ0n) is 14.6. The van der Waals surface area contributed by atoms with Gasteiger partial charge in [-0.25, -0.2) is 0 Å². The summed E-state index contributed by atoms with van der Waals surface area (Å²) in [6.45, 7) is 4.97. The number of hydrogen-bond donors (Lipinski definition) is 2. The number of nitrogens with one attached hydrogen (secondary N) is 2. The lowest BCUT2D eigenvalue weighted by molar-refractivity contribution is -0.126. The molecule has 1 aliphatic rings. The summed E-state index contributed by atoms with van der Waals surface area (Å²) < 4.78 is 5.63. The minimum atomic E-state index is -0.312. The van der Waals surface area contributed by atoms with E-state index in [1.165, 1.54) is 6.42 Å². The number of carbonyl (C=O) groups excluding carboxylic acids is 2. The molecule has 5 heteroatoms. The van der Waals surface area contributed by atoms with Crippen LogP contribution in [0.25, 0.3) is 0 Å². The van der Waals surface area contributed by atoms with Gasteiger partial charge in [0.25, 0.3) is 5.91 Å². The molecule has 0 bridgehead atoms. The summed E-state index contributed by atoms with van der Waals surface area (Å²) in [5, 5.41) is 0. The molecule has 1 aromatic carbocycles. The molecule has 2 rings (SSSR count). The number of hydrogen-bond acceptors (Lipinski definition) is 3. The normalized spacial score (nSPS) is 15.1. The first-order chi connectivity index (χ1) is 11.6. The van der Waals surface area contributed by atoms with E-state index in [4.69, 9.17) is 4.74 Å². The first kappa shape index (κ1) is 18.3. The van der Waals surface area contributed by atoms with Crippen molar-refractivity contribution in [2.45, 2.75) is 52.4 Å². The van der Waals surface area contributed by atoms with Crippen molar-refractivity contribution in [3.05, 3.63) is 29.8 Å². The van der Waals surface area contributed by atoms with E-state index in [1.54, 1.807) is 24.3 Å². The Morgan fingerprint density at radius 2 is 1.75 bits per heavy atom. The van der Waals surface area contributed by atoms with Crippen molar-refractivity contribution >= 4 is 11.8 Å². The van der Waals surface area contributed by atoms with Crippen molar-refractivity contribution in [1.29, 1.82) is 0 Å². The fraction of sp³-hybridized carbons (Fsp3) is 0.579. The van der Waals surface area contributed by atoms with Crippen molar-refractivity contribution in [3.8, 4) is 5.75 Å². The van der Waals surface area contributed by atoms with Gasteiger partial charge >= 0.3 is 0 Å². The van der Waals surface area contributed by atoms with Crippen molar-refractivity contribution in [1.82, 2.24) is 10.9 Å². The maximum atomic E-state index is 12.1. The van der Waals surface area contributed by atoms with Gasteiger partial charge in [-0.3, -0.25) is 20.4 Å². The Kier molecular flexibility index (Phi) is 7.09. The van der Waals surface area contributed by atoms with E-state index in [0.717, 1.165) is 37.9 Å². The van der Waals surface area contributed by atoms with Crippen molar-refractivity contribution in [3.63, 3.8) is 0 Å². The van der Waals surface area contributed by atoms with Crippen molar-refractivity contribution in [2.24, 2.45) is 11.8 Å². The predicted molar refractivity (Wildman–Crippen MR) is 93.6 cm³/mol. The molecule has 24 heavy (non-hydrogen) atoms. The summed E-state index contributed by atoms with van der Waals surface area (Å²) in [5.74, 6) is 0.974. The Hall–Kier alpha value is -2.04. The fourth-order valence-electron chi connectivity index (χ4n) is 2.77. The Bertz CT molecular complexity index is 534. The van der Waals surface area contributed by atoms with Gasteiger partial charge in [0.2, 0.25) is 5.91 Å². The molecule has 0 spiro atoms. The summed E-state index contributed by atoms with van der Waals surface area (Å²) in [4.78, 5) is 24.1. The Morgan fingerprint density at radius 3 is 2.38 bits per heavy atom. The van der Waals surface area contributed by atoms with E-state index in [1.807, 2.05) is 0 Å².